The standard InChI is InChI=1S/C19H22FN5O4S/c1-23-10-19(11-23)5-4-13(6-19)24-8-12(7-21-24)14-2-3-15(26)18(17(14)20)25-9-16(27)22-30(25,28)29/h2-3,7-8,13,26H,4-6,9-11H2,1H3,(H,22,27). The summed E-state index contributed by atoms with van der Waals surface area (Å²) < 4.78 is 43.7. The zero-order valence-electron chi connectivity index (χ0n) is 16.4. The number of hydrogen-bond donors (Lipinski definition) is 2. The quantitative estimate of drug-likeness (QED) is 0.751. The predicted octanol–water partition coefficient (Wildman–Crippen LogP) is 1.23. The third kappa shape index (κ3) is 2.95. The van der Waals surface area contributed by atoms with Crippen LogP contribution in [0, 0.1) is 11.2 Å². The van der Waals surface area contributed by atoms with Gasteiger partial charge in [-0.05, 0) is 43.9 Å². The molecule has 2 saturated heterocycles. The first-order valence-corrected chi connectivity index (χ1v) is 11.2. The maximum absolute atomic E-state index is 15.3. The maximum atomic E-state index is 15.3. The Balaban J connectivity index is 1.46. The number of phenols is 1. The average Bonchev–Trinajstić information content (AvgIpc) is 3.33. The second-order valence-electron chi connectivity index (χ2n) is 8.61. The highest BCUT2D eigenvalue weighted by Crippen LogP contribution is 2.49. The summed E-state index contributed by atoms with van der Waals surface area (Å²) in [5.41, 5.74) is 0.401. The fourth-order valence-electron chi connectivity index (χ4n) is 5.13. The number of hydrogen-bond acceptors (Lipinski definition) is 6. The molecule has 1 aliphatic carbocycles. The van der Waals surface area contributed by atoms with Crippen molar-refractivity contribution in [1.82, 2.24) is 19.4 Å². The molecule has 0 bridgehead atoms. The molecule has 30 heavy (non-hydrogen) atoms. The molecule has 3 heterocycles. The Morgan fingerprint density at radius 3 is 2.77 bits per heavy atom. The van der Waals surface area contributed by atoms with Crippen molar-refractivity contribution in [1.29, 1.82) is 0 Å². The van der Waals surface area contributed by atoms with E-state index in [9.17, 15) is 18.3 Å². The Morgan fingerprint density at radius 1 is 1.33 bits per heavy atom. The average molecular weight is 435 g/mol. The van der Waals surface area contributed by atoms with Gasteiger partial charge in [0.25, 0.3) is 5.91 Å². The van der Waals surface area contributed by atoms with Crippen LogP contribution < -0.4 is 9.03 Å². The predicted molar refractivity (Wildman–Crippen MR) is 107 cm³/mol. The maximum Gasteiger partial charge on any atom is 0.326 e. The number of nitrogens with zero attached hydrogens (tertiary/aromatic N) is 4. The number of benzene rings is 1. The minimum absolute atomic E-state index is 0.111. The van der Waals surface area contributed by atoms with E-state index in [1.54, 1.807) is 17.1 Å². The van der Waals surface area contributed by atoms with Crippen LogP contribution in [0.4, 0.5) is 10.1 Å². The van der Waals surface area contributed by atoms with E-state index in [4.69, 9.17) is 0 Å². The van der Waals surface area contributed by atoms with Gasteiger partial charge in [0.15, 0.2) is 5.82 Å². The van der Waals surface area contributed by atoms with Crippen LogP contribution in [0.5, 0.6) is 5.75 Å². The normalized spacial score (nSPS) is 24.9. The molecule has 1 unspecified atom stereocenters. The summed E-state index contributed by atoms with van der Waals surface area (Å²) in [6, 6.07) is 2.84. The van der Waals surface area contributed by atoms with Gasteiger partial charge in [-0.2, -0.15) is 13.5 Å². The summed E-state index contributed by atoms with van der Waals surface area (Å²) in [5, 5.41) is 14.5. The van der Waals surface area contributed by atoms with Crippen molar-refractivity contribution in [3.05, 3.63) is 30.3 Å². The Morgan fingerprint density at radius 2 is 2.10 bits per heavy atom. The highest BCUT2D eigenvalue weighted by Gasteiger charge is 2.47. The number of anilines is 1. The van der Waals surface area contributed by atoms with Crippen molar-refractivity contribution >= 4 is 21.8 Å². The molecule has 9 nitrogen and oxygen atoms in total. The summed E-state index contributed by atoms with van der Waals surface area (Å²) in [6.45, 7) is 1.59. The van der Waals surface area contributed by atoms with Gasteiger partial charge < -0.3 is 10.0 Å². The first kappa shape index (κ1) is 19.3. The molecule has 2 aliphatic heterocycles. The van der Waals surface area contributed by atoms with E-state index in [1.165, 1.54) is 12.1 Å². The van der Waals surface area contributed by atoms with E-state index in [2.05, 4.69) is 17.0 Å². The first-order chi connectivity index (χ1) is 14.2. The number of rotatable bonds is 3. The third-order valence-corrected chi connectivity index (χ3v) is 7.72. The Bertz CT molecular complexity index is 1140. The molecule has 3 fully saturated rings. The smallest absolute Gasteiger partial charge is 0.326 e. The summed E-state index contributed by atoms with van der Waals surface area (Å²) in [5.74, 6) is -2.27. The van der Waals surface area contributed by atoms with E-state index in [0.29, 0.717) is 15.3 Å². The van der Waals surface area contributed by atoms with E-state index in [-0.39, 0.29) is 11.6 Å². The van der Waals surface area contributed by atoms with Gasteiger partial charge in [-0.25, -0.2) is 13.4 Å². The molecule has 1 spiro atoms. The molecule has 160 valence electrons. The number of halogens is 1. The van der Waals surface area contributed by atoms with Crippen LogP contribution in [0.2, 0.25) is 0 Å². The highest BCUT2D eigenvalue weighted by molar-refractivity contribution is 7.92. The summed E-state index contributed by atoms with van der Waals surface area (Å²) in [6.07, 6.45) is 6.48. The van der Waals surface area contributed by atoms with Crippen molar-refractivity contribution in [2.24, 2.45) is 5.41 Å². The molecule has 2 N–H and O–H groups in total. The molecule has 0 radical (unpaired) electrons. The van der Waals surface area contributed by atoms with Crippen molar-refractivity contribution in [3.8, 4) is 16.9 Å². The van der Waals surface area contributed by atoms with Gasteiger partial charge in [-0.3, -0.25) is 9.48 Å². The van der Waals surface area contributed by atoms with Crippen molar-refractivity contribution in [2.45, 2.75) is 25.3 Å². The number of likely N-dealkylation sites (tertiary alicyclic amines) is 1. The summed E-state index contributed by atoms with van der Waals surface area (Å²) >= 11 is 0. The van der Waals surface area contributed by atoms with Crippen molar-refractivity contribution in [3.63, 3.8) is 0 Å². The molecule has 1 saturated carbocycles. The number of aromatic nitrogens is 2. The minimum Gasteiger partial charge on any atom is -0.506 e. The van der Waals surface area contributed by atoms with Gasteiger partial charge in [0, 0.05) is 30.4 Å². The molecule has 1 aromatic carbocycles. The highest BCUT2D eigenvalue weighted by atomic mass is 32.2. The van der Waals surface area contributed by atoms with E-state index >= 15 is 4.39 Å². The first-order valence-electron chi connectivity index (χ1n) is 9.75. The lowest BCUT2D eigenvalue weighted by Gasteiger charge is -2.46. The monoisotopic (exact) mass is 435 g/mol. The van der Waals surface area contributed by atoms with Crippen molar-refractivity contribution in [2.75, 3.05) is 31.0 Å². The fourth-order valence-corrected chi connectivity index (χ4v) is 6.29. The lowest BCUT2D eigenvalue weighted by atomic mass is 9.78. The Kier molecular flexibility index (Phi) is 4.13. The lowest BCUT2D eigenvalue weighted by molar-refractivity contribution is -0.117. The Hall–Kier alpha value is -2.66. The fraction of sp³-hybridized carbons (Fsp3) is 0.474. The number of nitrogens with one attached hydrogen (secondary N) is 1. The molecule has 5 rings (SSSR count). The molecule has 3 aliphatic rings. The molecular weight excluding hydrogens is 413 g/mol. The largest absolute Gasteiger partial charge is 0.506 e. The topological polar surface area (TPSA) is 108 Å². The molecule has 11 heteroatoms. The molecule has 1 atom stereocenters. The molecule has 1 amide bonds. The van der Waals surface area contributed by atoms with Gasteiger partial charge in [0.05, 0.1) is 12.2 Å². The number of amides is 1. The minimum atomic E-state index is -4.25. The van der Waals surface area contributed by atoms with Gasteiger partial charge >= 0.3 is 10.2 Å². The van der Waals surface area contributed by atoms with Gasteiger partial charge in [-0.15, -0.1) is 0 Å². The van der Waals surface area contributed by atoms with Crippen LogP contribution in [0.25, 0.3) is 11.1 Å². The summed E-state index contributed by atoms with van der Waals surface area (Å²) in [7, 11) is -2.14. The van der Waals surface area contributed by atoms with Crippen LogP contribution in [0.15, 0.2) is 24.5 Å². The van der Waals surface area contributed by atoms with Gasteiger partial charge in [-0.1, -0.05) is 0 Å². The van der Waals surface area contributed by atoms with Crippen LogP contribution in [0.3, 0.4) is 0 Å². The van der Waals surface area contributed by atoms with Gasteiger partial charge in [0.2, 0.25) is 0 Å². The number of carbonyl (C=O) groups excluding carboxylic acids is 1. The van der Waals surface area contributed by atoms with E-state index < -0.39 is 39.9 Å². The summed E-state index contributed by atoms with van der Waals surface area (Å²) in [4.78, 5) is 13.8. The van der Waals surface area contributed by atoms with E-state index in [1.807, 2.05) is 4.68 Å². The zero-order chi connectivity index (χ0) is 21.3. The van der Waals surface area contributed by atoms with Crippen LogP contribution in [0.1, 0.15) is 25.3 Å². The van der Waals surface area contributed by atoms with Gasteiger partial charge in [0.1, 0.15) is 18.0 Å². The SMILES string of the molecule is CN1CC2(CCC(n3cc(-c4ccc(O)c(N5CC(=O)NS5(=O)=O)c4F)cn3)C2)C1. The van der Waals surface area contributed by atoms with Crippen molar-refractivity contribution < 1.29 is 22.7 Å². The number of carbonyl (C=O) groups is 1. The molecule has 1 aromatic heterocycles. The van der Waals surface area contributed by atoms with Crippen LogP contribution >= 0.6 is 0 Å². The Labute approximate surface area is 173 Å². The number of phenolic OH excluding ortho intramolecular Hbond substituents is 1. The van der Waals surface area contributed by atoms with Crippen LogP contribution in [-0.4, -0.2) is 60.8 Å². The molecule has 2 aromatic rings. The molecular formula is C19H22FN5O4S. The van der Waals surface area contributed by atoms with E-state index in [0.717, 1.165) is 32.4 Å². The zero-order valence-corrected chi connectivity index (χ0v) is 17.2. The number of aromatic hydroxyl groups is 1. The lowest BCUT2D eigenvalue weighted by Crippen LogP contribution is -2.52. The van der Waals surface area contributed by atoms with Crippen LogP contribution in [-0.2, 0) is 15.0 Å². The second-order valence-corrected chi connectivity index (χ2v) is 10.2. The second kappa shape index (κ2) is 6.42. The third-order valence-electron chi connectivity index (χ3n) is 6.34.